The maximum Gasteiger partial charge on any atom is 0.314 e. The highest BCUT2D eigenvalue weighted by molar-refractivity contribution is 7.99. The van der Waals surface area contributed by atoms with Gasteiger partial charge in [-0.2, -0.15) is 11.8 Å². The fourth-order valence-corrected chi connectivity index (χ4v) is 4.16. The fourth-order valence-electron chi connectivity index (χ4n) is 2.86. The first-order valence-electron chi connectivity index (χ1n) is 7.95. The van der Waals surface area contributed by atoms with E-state index in [1.807, 2.05) is 18.2 Å². The van der Waals surface area contributed by atoms with Crippen molar-refractivity contribution < 1.29 is 9.90 Å². The number of hydrogen-bond donors (Lipinski definition) is 3. The van der Waals surface area contributed by atoms with Gasteiger partial charge in [0.2, 0.25) is 0 Å². The molecular formula is C18H22N2O2S. The predicted octanol–water partition coefficient (Wildman–Crippen LogP) is 2.55. The first-order valence-corrected chi connectivity index (χ1v) is 9.10. The molecule has 122 valence electrons. The van der Waals surface area contributed by atoms with Gasteiger partial charge in [-0.25, -0.2) is 4.79 Å². The van der Waals surface area contributed by atoms with E-state index < -0.39 is 5.60 Å². The lowest BCUT2D eigenvalue weighted by Crippen LogP contribution is -2.46. The first kappa shape index (κ1) is 16.1. The van der Waals surface area contributed by atoms with E-state index in [1.165, 1.54) is 16.3 Å². The van der Waals surface area contributed by atoms with Crippen molar-refractivity contribution in [2.24, 2.45) is 0 Å². The zero-order valence-corrected chi connectivity index (χ0v) is 13.9. The van der Waals surface area contributed by atoms with Crippen LogP contribution in [0.15, 0.2) is 42.5 Å². The molecule has 1 heterocycles. The SMILES string of the molecule is O=C(NCCc1cccc2ccccc12)NCC1(O)CCSC1. The van der Waals surface area contributed by atoms with Gasteiger partial charge in [0.1, 0.15) is 0 Å². The molecule has 1 saturated heterocycles. The van der Waals surface area contributed by atoms with Crippen molar-refractivity contribution in [2.75, 3.05) is 24.6 Å². The Balaban J connectivity index is 1.48. The summed E-state index contributed by atoms with van der Waals surface area (Å²) < 4.78 is 0. The van der Waals surface area contributed by atoms with E-state index in [9.17, 15) is 9.90 Å². The van der Waals surface area contributed by atoms with E-state index in [0.29, 0.717) is 18.8 Å². The summed E-state index contributed by atoms with van der Waals surface area (Å²) in [6.45, 7) is 0.896. The lowest BCUT2D eigenvalue weighted by molar-refractivity contribution is 0.0700. The van der Waals surface area contributed by atoms with E-state index in [4.69, 9.17) is 0 Å². The summed E-state index contributed by atoms with van der Waals surface area (Å²) in [6.07, 6.45) is 1.53. The van der Waals surface area contributed by atoms with Crippen LogP contribution in [0.4, 0.5) is 4.79 Å². The second kappa shape index (κ2) is 7.23. The number of rotatable bonds is 5. The maximum atomic E-state index is 11.9. The van der Waals surface area contributed by atoms with Gasteiger partial charge in [0, 0.05) is 18.8 Å². The Morgan fingerprint density at radius 3 is 2.83 bits per heavy atom. The number of aliphatic hydroxyl groups is 1. The topological polar surface area (TPSA) is 61.4 Å². The van der Waals surface area contributed by atoms with E-state index in [-0.39, 0.29) is 6.03 Å². The van der Waals surface area contributed by atoms with Gasteiger partial charge in [-0.15, -0.1) is 0 Å². The molecule has 0 saturated carbocycles. The van der Waals surface area contributed by atoms with Gasteiger partial charge in [0.05, 0.1) is 5.60 Å². The molecule has 1 atom stereocenters. The summed E-state index contributed by atoms with van der Waals surface area (Å²) >= 11 is 1.73. The Morgan fingerprint density at radius 2 is 2.00 bits per heavy atom. The summed E-state index contributed by atoms with van der Waals surface area (Å²) in [6, 6.07) is 14.3. The zero-order chi connectivity index (χ0) is 16.1. The highest BCUT2D eigenvalue weighted by atomic mass is 32.2. The van der Waals surface area contributed by atoms with Gasteiger partial charge < -0.3 is 15.7 Å². The summed E-state index contributed by atoms with van der Waals surface area (Å²) in [4.78, 5) is 11.9. The van der Waals surface area contributed by atoms with Crippen LogP contribution in [-0.2, 0) is 6.42 Å². The molecule has 3 rings (SSSR count). The minimum Gasteiger partial charge on any atom is -0.387 e. The number of amides is 2. The number of benzene rings is 2. The minimum absolute atomic E-state index is 0.212. The molecule has 0 spiro atoms. The van der Waals surface area contributed by atoms with Gasteiger partial charge in [-0.1, -0.05) is 42.5 Å². The van der Waals surface area contributed by atoms with Crippen LogP contribution in [0.3, 0.4) is 0 Å². The van der Waals surface area contributed by atoms with Crippen LogP contribution in [0.1, 0.15) is 12.0 Å². The van der Waals surface area contributed by atoms with Crippen molar-refractivity contribution in [2.45, 2.75) is 18.4 Å². The van der Waals surface area contributed by atoms with Crippen molar-refractivity contribution in [1.29, 1.82) is 0 Å². The molecule has 1 fully saturated rings. The molecule has 1 aliphatic heterocycles. The standard InChI is InChI=1S/C18H22N2O2S/c21-17(20-12-18(22)9-11-23-13-18)19-10-8-15-6-3-5-14-4-1-2-7-16(14)15/h1-7,22H,8-13H2,(H2,19,20,21). The largest absolute Gasteiger partial charge is 0.387 e. The second-order valence-corrected chi connectivity index (χ2v) is 7.13. The Bertz CT molecular complexity index is 678. The maximum absolute atomic E-state index is 11.9. The normalized spacial score (nSPS) is 20.6. The number of carbonyl (C=O) groups is 1. The van der Waals surface area contributed by atoms with E-state index in [0.717, 1.165) is 18.6 Å². The third kappa shape index (κ3) is 4.18. The Kier molecular flexibility index (Phi) is 5.08. The number of hydrogen-bond acceptors (Lipinski definition) is 3. The van der Waals surface area contributed by atoms with Crippen molar-refractivity contribution in [1.82, 2.24) is 10.6 Å². The zero-order valence-electron chi connectivity index (χ0n) is 13.0. The third-order valence-corrected chi connectivity index (χ3v) is 5.45. The van der Waals surface area contributed by atoms with E-state index in [1.54, 1.807) is 11.8 Å². The Labute approximate surface area is 140 Å². The van der Waals surface area contributed by atoms with E-state index in [2.05, 4.69) is 34.9 Å². The number of urea groups is 1. The summed E-state index contributed by atoms with van der Waals surface area (Å²) in [7, 11) is 0. The number of fused-ring (bicyclic) bond motifs is 1. The van der Waals surface area contributed by atoms with Gasteiger partial charge in [-0.05, 0) is 34.9 Å². The third-order valence-electron chi connectivity index (χ3n) is 4.22. The molecule has 1 aliphatic rings. The lowest BCUT2D eigenvalue weighted by Gasteiger charge is -2.21. The van der Waals surface area contributed by atoms with Crippen LogP contribution in [0.5, 0.6) is 0 Å². The predicted molar refractivity (Wildman–Crippen MR) is 95.9 cm³/mol. The smallest absolute Gasteiger partial charge is 0.314 e. The number of nitrogens with one attached hydrogen (secondary N) is 2. The molecule has 0 bridgehead atoms. The molecule has 2 aromatic rings. The highest BCUT2D eigenvalue weighted by Gasteiger charge is 2.31. The van der Waals surface area contributed by atoms with Crippen LogP contribution in [0.2, 0.25) is 0 Å². The fraction of sp³-hybridized carbons (Fsp3) is 0.389. The average Bonchev–Trinajstić information content (AvgIpc) is 3.00. The summed E-state index contributed by atoms with van der Waals surface area (Å²) in [5, 5.41) is 18.3. The van der Waals surface area contributed by atoms with Crippen molar-refractivity contribution in [3.8, 4) is 0 Å². The average molecular weight is 330 g/mol. The van der Waals surface area contributed by atoms with Crippen molar-refractivity contribution in [3.05, 3.63) is 48.0 Å². The molecule has 2 aromatic carbocycles. The lowest BCUT2D eigenvalue weighted by atomic mass is 10.0. The molecule has 3 N–H and O–H groups in total. The molecular weight excluding hydrogens is 308 g/mol. The molecule has 5 heteroatoms. The van der Waals surface area contributed by atoms with E-state index >= 15 is 0 Å². The molecule has 0 radical (unpaired) electrons. The summed E-state index contributed by atoms with van der Waals surface area (Å²) in [5.74, 6) is 1.66. The summed E-state index contributed by atoms with van der Waals surface area (Å²) in [5.41, 5.74) is 0.492. The van der Waals surface area contributed by atoms with Crippen molar-refractivity contribution >= 4 is 28.6 Å². The molecule has 4 nitrogen and oxygen atoms in total. The molecule has 0 aliphatic carbocycles. The van der Waals surface area contributed by atoms with Crippen molar-refractivity contribution in [3.63, 3.8) is 0 Å². The highest BCUT2D eigenvalue weighted by Crippen LogP contribution is 2.26. The van der Waals surface area contributed by atoms with Crippen LogP contribution >= 0.6 is 11.8 Å². The molecule has 23 heavy (non-hydrogen) atoms. The molecule has 0 aromatic heterocycles. The van der Waals surface area contributed by atoms with Gasteiger partial charge in [0.25, 0.3) is 0 Å². The number of carbonyl (C=O) groups excluding carboxylic acids is 1. The van der Waals surface area contributed by atoms with Gasteiger partial charge in [-0.3, -0.25) is 0 Å². The van der Waals surface area contributed by atoms with Crippen LogP contribution in [0.25, 0.3) is 10.8 Å². The first-order chi connectivity index (χ1) is 11.2. The Hall–Kier alpha value is -1.72. The van der Waals surface area contributed by atoms with Gasteiger partial charge >= 0.3 is 6.03 Å². The van der Waals surface area contributed by atoms with Crippen LogP contribution in [0, 0.1) is 0 Å². The van der Waals surface area contributed by atoms with Crippen LogP contribution < -0.4 is 10.6 Å². The Morgan fingerprint density at radius 1 is 1.17 bits per heavy atom. The minimum atomic E-state index is -0.738. The molecule has 2 amide bonds. The monoisotopic (exact) mass is 330 g/mol. The number of thioether (sulfide) groups is 1. The van der Waals surface area contributed by atoms with Gasteiger partial charge in [0.15, 0.2) is 0 Å². The van der Waals surface area contributed by atoms with Crippen LogP contribution in [-0.4, -0.2) is 41.3 Å². The second-order valence-electron chi connectivity index (χ2n) is 6.02. The molecule has 1 unspecified atom stereocenters. The quantitative estimate of drug-likeness (QED) is 0.789.